The molecule has 0 unspecified atom stereocenters. The molecule has 0 bridgehead atoms. The zero-order chi connectivity index (χ0) is 15.2. The minimum atomic E-state index is -0.717. The standard InChI is InChI=1S/C17H24BrFO/c1-15(2)9-16(3,4)11-17(20,10-15)8-12-5-6-13(19)7-14(12)18/h5-7,20H,8-11H2,1-4H3. The first-order chi connectivity index (χ1) is 9.00. The predicted molar refractivity (Wildman–Crippen MR) is 84.2 cm³/mol. The largest absolute Gasteiger partial charge is 0.390 e. The Labute approximate surface area is 129 Å². The van der Waals surface area contributed by atoms with Gasteiger partial charge in [-0.3, -0.25) is 0 Å². The van der Waals surface area contributed by atoms with E-state index < -0.39 is 5.60 Å². The van der Waals surface area contributed by atoms with Crippen molar-refractivity contribution in [2.75, 3.05) is 0 Å². The smallest absolute Gasteiger partial charge is 0.124 e. The maximum Gasteiger partial charge on any atom is 0.124 e. The van der Waals surface area contributed by atoms with Crippen molar-refractivity contribution >= 4 is 15.9 Å². The van der Waals surface area contributed by atoms with Crippen LogP contribution in [0.25, 0.3) is 0 Å². The summed E-state index contributed by atoms with van der Waals surface area (Å²) in [4.78, 5) is 0. The van der Waals surface area contributed by atoms with E-state index in [1.807, 2.05) is 0 Å². The second-order valence-electron chi connectivity index (χ2n) is 8.00. The van der Waals surface area contributed by atoms with Crippen LogP contribution in [-0.2, 0) is 6.42 Å². The van der Waals surface area contributed by atoms with E-state index in [2.05, 4.69) is 43.6 Å². The number of hydrogen-bond donors (Lipinski definition) is 1. The molecule has 0 aliphatic heterocycles. The Morgan fingerprint density at radius 2 is 1.65 bits per heavy atom. The van der Waals surface area contributed by atoms with Crippen LogP contribution in [0, 0.1) is 16.6 Å². The molecule has 1 fully saturated rings. The third-order valence-corrected chi connectivity index (χ3v) is 4.85. The van der Waals surface area contributed by atoms with Crippen LogP contribution >= 0.6 is 15.9 Å². The van der Waals surface area contributed by atoms with Crippen molar-refractivity contribution in [2.45, 2.75) is 59.0 Å². The molecule has 1 nitrogen and oxygen atoms in total. The van der Waals surface area contributed by atoms with Crippen molar-refractivity contribution in [2.24, 2.45) is 10.8 Å². The molecule has 1 saturated carbocycles. The highest BCUT2D eigenvalue weighted by molar-refractivity contribution is 9.10. The van der Waals surface area contributed by atoms with Gasteiger partial charge in [-0.05, 0) is 47.8 Å². The highest BCUT2D eigenvalue weighted by atomic mass is 79.9. The van der Waals surface area contributed by atoms with E-state index in [9.17, 15) is 9.50 Å². The Kier molecular flexibility index (Phi) is 4.07. The van der Waals surface area contributed by atoms with Gasteiger partial charge >= 0.3 is 0 Å². The molecule has 2 rings (SSSR count). The summed E-state index contributed by atoms with van der Waals surface area (Å²) in [7, 11) is 0. The summed E-state index contributed by atoms with van der Waals surface area (Å²) < 4.78 is 13.9. The second kappa shape index (κ2) is 5.10. The summed E-state index contributed by atoms with van der Waals surface area (Å²) in [6, 6.07) is 4.70. The zero-order valence-corrected chi connectivity index (χ0v) is 14.3. The van der Waals surface area contributed by atoms with Gasteiger partial charge in [-0.2, -0.15) is 0 Å². The normalized spacial score (nSPS) is 23.6. The number of hydrogen-bond acceptors (Lipinski definition) is 1. The summed E-state index contributed by atoms with van der Waals surface area (Å²) in [6.45, 7) is 8.88. The molecule has 1 N–H and O–H groups in total. The fourth-order valence-corrected chi connectivity index (χ4v) is 4.90. The van der Waals surface area contributed by atoms with E-state index in [0.717, 1.165) is 29.3 Å². The Morgan fingerprint density at radius 3 is 2.15 bits per heavy atom. The number of benzene rings is 1. The minimum Gasteiger partial charge on any atom is -0.390 e. The topological polar surface area (TPSA) is 20.2 Å². The first-order valence-corrected chi connectivity index (χ1v) is 7.96. The van der Waals surface area contributed by atoms with Gasteiger partial charge in [-0.15, -0.1) is 0 Å². The van der Waals surface area contributed by atoms with Crippen LogP contribution in [0.15, 0.2) is 22.7 Å². The highest BCUT2D eigenvalue weighted by Crippen LogP contribution is 2.51. The van der Waals surface area contributed by atoms with Gasteiger partial charge in [0.05, 0.1) is 5.60 Å². The highest BCUT2D eigenvalue weighted by Gasteiger charge is 2.46. The third kappa shape index (κ3) is 3.82. The average Bonchev–Trinajstić information content (AvgIpc) is 2.16. The van der Waals surface area contributed by atoms with E-state index >= 15 is 0 Å². The lowest BCUT2D eigenvalue weighted by Crippen LogP contribution is -2.47. The monoisotopic (exact) mass is 342 g/mol. The third-order valence-electron chi connectivity index (χ3n) is 4.11. The van der Waals surface area contributed by atoms with Crippen molar-refractivity contribution < 1.29 is 9.50 Å². The number of aliphatic hydroxyl groups is 1. The molecule has 0 aromatic heterocycles. The molecular formula is C17H24BrFO. The van der Waals surface area contributed by atoms with Gasteiger partial charge < -0.3 is 5.11 Å². The molecule has 0 atom stereocenters. The summed E-state index contributed by atoms with van der Waals surface area (Å²) in [5.74, 6) is -0.253. The van der Waals surface area contributed by atoms with Gasteiger partial charge in [0.2, 0.25) is 0 Å². The van der Waals surface area contributed by atoms with Crippen LogP contribution < -0.4 is 0 Å². The van der Waals surface area contributed by atoms with Crippen LogP contribution in [0.4, 0.5) is 4.39 Å². The molecular weight excluding hydrogens is 319 g/mol. The molecule has 20 heavy (non-hydrogen) atoms. The fourth-order valence-electron chi connectivity index (χ4n) is 4.41. The van der Waals surface area contributed by atoms with Crippen molar-refractivity contribution in [3.63, 3.8) is 0 Å². The van der Waals surface area contributed by atoms with Gasteiger partial charge in [0.1, 0.15) is 5.82 Å². The van der Waals surface area contributed by atoms with Gasteiger partial charge in [0, 0.05) is 10.9 Å². The molecule has 0 amide bonds. The lowest BCUT2D eigenvalue weighted by atomic mass is 9.58. The van der Waals surface area contributed by atoms with Gasteiger partial charge in [-0.25, -0.2) is 4.39 Å². The zero-order valence-electron chi connectivity index (χ0n) is 12.8. The maximum absolute atomic E-state index is 13.2. The van der Waals surface area contributed by atoms with Gasteiger partial charge in [0.15, 0.2) is 0 Å². The predicted octanol–water partition coefficient (Wildman–Crippen LogP) is 5.10. The minimum absolute atomic E-state index is 0.128. The van der Waals surface area contributed by atoms with Crippen LogP contribution in [0.2, 0.25) is 0 Å². The van der Waals surface area contributed by atoms with Crippen LogP contribution in [0.3, 0.4) is 0 Å². The molecule has 0 spiro atoms. The van der Waals surface area contributed by atoms with E-state index in [-0.39, 0.29) is 16.6 Å². The fraction of sp³-hybridized carbons (Fsp3) is 0.647. The maximum atomic E-state index is 13.2. The Bertz CT molecular complexity index is 492. The number of halogens is 2. The second-order valence-corrected chi connectivity index (χ2v) is 8.85. The molecule has 0 radical (unpaired) electrons. The molecule has 1 aromatic carbocycles. The summed E-state index contributed by atoms with van der Waals surface area (Å²) >= 11 is 3.40. The van der Waals surface area contributed by atoms with Crippen molar-refractivity contribution in [1.29, 1.82) is 0 Å². The van der Waals surface area contributed by atoms with Crippen molar-refractivity contribution in [3.05, 3.63) is 34.1 Å². The molecule has 112 valence electrons. The number of rotatable bonds is 2. The first kappa shape index (κ1) is 16.0. The quantitative estimate of drug-likeness (QED) is 0.792. The Morgan fingerprint density at radius 1 is 1.10 bits per heavy atom. The van der Waals surface area contributed by atoms with E-state index in [1.54, 1.807) is 6.07 Å². The summed E-state index contributed by atoms with van der Waals surface area (Å²) in [6.07, 6.45) is 3.26. The Balaban J connectivity index is 2.26. The van der Waals surface area contributed by atoms with Gasteiger partial charge in [0.25, 0.3) is 0 Å². The summed E-state index contributed by atoms with van der Waals surface area (Å²) in [5.41, 5.74) is 0.514. The molecule has 1 aliphatic carbocycles. The summed E-state index contributed by atoms with van der Waals surface area (Å²) in [5, 5.41) is 11.1. The van der Waals surface area contributed by atoms with E-state index in [0.29, 0.717) is 6.42 Å². The van der Waals surface area contributed by atoms with Crippen LogP contribution in [-0.4, -0.2) is 10.7 Å². The van der Waals surface area contributed by atoms with Crippen molar-refractivity contribution in [3.8, 4) is 0 Å². The first-order valence-electron chi connectivity index (χ1n) is 7.17. The average molecular weight is 343 g/mol. The molecule has 3 heteroatoms. The van der Waals surface area contributed by atoms with Crippen LogP contribution in [0.1, 0.15) is 52.5 Å². The van der Waals surface area contributed by atoms with Gasteiger partial charge in [-0.1, -0.05) is 49.7 Å². The lowest BCUT2D eigenvalue weighted by molar-refractivity contribution is -0.0851. The lowest BCUT2D eigenvalue weighted by Gasteiger charge is -2.49. The SMILES string of the molecule is CC1(C)CC(C)(C)CC(O)(Cc2ccc(F)cc2Br)C1. The van der Waals surface area contributed by atoms with Crippen molar-refractivity contribution in [1.82, 2.24) is 0 Å². The molecule has 1 aromatic rings. The molecule has 1 aliphatic rings. The Hall–Kier alpha value is -0.410. The van der Waals surface area contributed by atoms with E-state index in [1.165, 1.54) is 12.1 Å². The van der Waals surface area contributed by atoms with Crippen LogP contribution in [0.5, 0.6) is 0 Å². The van der Waals surface area contributed by atoms with E-state index in [4.69, 9.17) is 0 Å². The molecule has 0 saturated heterocycles. The molecule has 0 heterocycles.